The average Bonchev–Trinajstić information content (AvgIpc) is 2.58. The molecule has 23 heavy (non-hydrogen) atoms. The fourth-order valence-electron chi connectivity index (χ4n) is 3.86. The fourth-order valence-corrected chi connectivity index (χ4v) is 4.27. The van der Waals surface area contributed by atoms with Crippen LogP contribution in [0.4, 0.5) is 0 Å². The Balaban J connectivity index is 1.61. The third kappa shape index (κ3) is 4.27. The van der Waals surface area contributed by atoms with E-state index in [1.54, 1.807) is 6.07 Å². The minimum atomic E-state index is 0.158. The van der Waals surface area contributed by atoms with Crippen LogP contribution in [0.1, 0.15) is 37.7 Å². The molecule has 4 nitrogen and oxygen atoms in total. The van der Waals surface area contributed by atoms with E-state index in [0.29, 0.717) is 11.7 Å². The summed E-state index contributed by atoms with van der Waals surface area (Å²) in [5.74, 6) is 0.872. The number of quaternary nitrogens is 1. The maximum absolute atomic E-state index is 12.7. The SMILES string of the molecule is O=C(C1CCC[NH+](Cc2cc(Br)ccc2O)C1)N1CCCCC1. The van der Waals surface area contributed by atoms with Crippen molar-refractivity contribution in [2.75, 3.05) is 26.2 Å². The van der Waals surface area contributed by atoms with Crippen molar-refractivity contribution in [1.82, 2.24) is 4.90 Å². The monoisotopic (exact) mass is 381 g/mol. The average molecular weight is 382 g/mol. The molecule has 0 radical (unpaired) electrons. The van der Waals surface area contributed by atoms with Gasteiger partial charge in [-0.15, -0.1) is 0 Å². The number of benzene rings is 1. The minimum Gasteiger partial charge on any atom is -0.507 e. The van der Waals surface area contributed by atoms with Gasteiger partial charge in [0.15, 0.2) is 0 Å². The molecule has 0 saturated carbocycles. The molecule has 0 aromatic heterocycles. The molecule has 2 fully saturated rings. The Morgan fingerprint density at radius 1 is 1.26 bits per heavy atom. The zero-order valence-electron chi connectivity index (χ0n) is 13.6. The maximum Gasteiger partial charge on any atom is 0.231 e. The lowest BCUT2D eigenvalue weighted by molar-refractivity contribution is -0.921. The first-order valence-corrected chi connectivity index (χ1v) is 9.52. The van der Waals surface area contributed by atoms with E-state index < -0.39 is 0 Å². The summed E-state index contributed by atoms with van der Waals surface area (Å²) in [4.78, 5) is 16.2. The molecule has 2 N–H and O–H groups in total. The first-order chi connectivity index (χ1) is 11.1. The second-order valence-corrected chi connectivity index (χ2v) is 7.79. The predicted molar refractivity (Wildman–Crippen MR) is 93.4 cm³/mol. The summed E-state index contributed by atoms with van der Waals surface area (Å²) >= 11 is 3.47. The topological polar surface area (TPSA) is 45.0 Å². The van der Waals surface area contributed by atoms with Crippen LogP contribution in [0.5, 0.6) is 5.75 Å². The van der Waals surface area contributed by atoms with E-state index in [2.05, 4.69) is 20.8 Å². The van der Waals surface area contributed by atoms with E-state index in [-0.39, 0.29) is 5.92 Å². The van der Waals surface area contributed by atoms with Gasteiger partial charge in [-0.05, 0) is 50.3 Å². The fraction of sp³-hybridized carbons (Fsp3) is 0.611. The van der Waals surface area contributed by atoms with Crippen molar-refractivity contribution < 1.29 is 14.8 Å². The van der Waals surface area contributed by atoms with E-state index >= 15 is 0 Å². The summed E-state index contributed by atoms with van der Waals surface area (Å²) in [6.45, 7) is 4.64. The summed E-state index contributed by atoms with van der Waals surface area (Å²) in [5, 5.41) is 10.0. The second-order valence-electron chi connectivity index (χ2n) is 6.88. The highest BCUT2D eigenvalue weighted by Gasteiger charge is 2.32. The zero-order chi connectivity index (χ0) is 16.2. The van der Waals surface area contributed by atoms with Crippen LogP contribution < -0.4 is 4.90 Å². The Morgan fingerprint density at radius 2 is 2.04 bits per heavy atom. The van der Waals surface area contributed by atoms with E-state index in [1.807, 2.05) is 12.1 Å². The van der Waals surface area contributed by atoms with Crippen molar-refractivity contribution in [3.05, 3.63) is 28.2 Å². The van der Waals surface area contributed by atoms with Crippen molar-refractivity contribution in [3.63, 3.8) is 0 Å². The summed E-state index contributed by atoms with van der Waals surface area (Å²) in [6.07, 6.45) is 5.67. The molecule has 0 spiro atoms. The highest BCUT2D eigenvalue weighted by Crippen LogP contribution is 2.22. The first kappa shape index (κ1) is 16.8. The van der Waals surface area contributed by atoms with Crippen molar-refractivity contribution >= 4 is 21.8 Å². The van der Waals surface area contributed by atoms with Crippen LogP contribution in [0.25, 0.3) is 0 Å². The van der Waals surface area contributed by atoms with Crippen molar-refractivity contribution in [2.45, 2.75) is 38.6 Å². The van der Waals surface area contributed by atoms with E-state index in [4.69, 9.17) is 0 Å². The molecule has 1 aromatic rings. The van der Waals surface area contributed by atoms with Gasteiger partial charge in [-0.3, -0.25) is 4.79 Å². The van der Waals surface area contributed by atoms with Crippen LogP contribution in [0.15, 0.2) is 22.7 Å². The third-order valence-corrected chi connectivity index (χ3v) is 5.61. The van der Waals surface area contributed by atoms with Gasteiger partial charge in [-0.25, -0.2) is 0 Å². The summed E-state index contributed by atoms with van der Waals surface area (Å²) in [7, 11) is 0. The van der Waals surface area contributed by atoms with Gasteiger partial charge in [-0.2, -0.15) is 0 Å². The number of nitrogens with zero attached hydrogens (tertiary/aromatic N) is 1. The predicted octanol–water partition coefficient (Wildman–Crippen LogP) is 1.96. The molecule has 2 aliphatic rings. The molecule has 126 valence electrons. The molecule has 2 heterocycles. The molecular formula is C18H26BrN2O2+. The molecular weight excluding hydrogens is 356 g/mol. The lowest BCUT2D eigenvalue weighted by Gasteiger charge is -2.34. The molecule has 2 unspecified atom stereocenters. The van der Waals surface area contributed by atoms with Gasteiger partial charge >= 0.3 is 0 Å². The van der Waals surface area contributed by atoms with Crippen LogP contribution >= 0.6 is 15.9 Å². The number of hydrogen-bond donors (Lipinski definition) is 2. The molecule has 3 rings (SSSR count). The van der Waals surface area contributed by atoms with Gasteiger partial charge in [0.2, 0.25) is 5.91 Å². The summed E-state index contributed by atoms with van der Waals surface area (Å²) in [5.41, 5.74) is 0.959. The Hall–Kier alpha value is -1.07. The van der Waals surface area contributed by atoms with Crippen LogP contribution in [0.2, 0.25) is 0 Å². The number of amides is 1. The number of nitrogens with one attached hydrogen (secondary N) is 1. The highest BCUT2D eigenvalue weighted by molar-refractivity contribution is 9.10. The number of rotatable bonds is 3. The zero-order valence-corrected chi connectivity index (χ0v) is 15.1. The Bertz CT molecular complexity index is 558. The molecule has 0 bridgehead atoms. The molecule has 1 aromatic carbocycles. The number of piperidine rings is 2. The molecule has 0 aliphatic carbocycles. The number of likely N-dealkylation sites (tertiary alicyclic amines) is 2. The number of aromatic hydroxyl groups is 1. The van der Waals surface area contributed by atoms with E-state index in [1.165, 1.54) is 11.3 Å². The Kier molecular flexibility index (Phi) is 5.59. The quantitative estimate of drug-likeness (QED) is 0.840. The largest absolute Gasteiger partial charge is 0.507 e. The molecule has 2 aliphatic heterocycles. The number of hydrogen-bond acceptors (Lipinski definition) is 2. The van der Waals surface area contributed by atoms with Gasteiger partial charge < -0.3 is 14.9 Å². The standard InChI is InChI=1S/C18H25BrN2O2/c19-16-6-7-17(22)15(11-16)13-20-8-4-5-14(12-20)18(23)21-9-2-1-3-10-21/h6-7,11,14,22H,1-5,8-10,12-13H2/p+1. The second kappa shape index (κ2) is 7.67. The lowest BCUT2D eigenvalue weighted by atomic mass is 9.95. The molecule has 1 amide bonds. The highest BCUT2D eigenvalue weighted by atomic mass is 79.9. The van der Waals surface area contributed by atoms with Crippen LogP contribution in [0, 0.1) is 5.92 Å². The minimum absolute atomic E-state index is 0.158. The van der Waals surface area contributed by atoms with Gasteiger partial charge in [0.25, 0.3) is 0 Å². The third-order valence-electron chi connectivity index (χ3n) is 5.12. The summed E-state index contributed by atoms with van der Waals surface area (Å²) in [6, 6.07) is 5.57. The number of carbonyl (C=O) groups is 1. The number of halogens is 1. The first-order valence-electron chi connectivity index (χ1n) is 8.73. The van der Waals surface area contributed by atoms with Crippen LogP contribution in [0.3, 0.4) is 0 Å². The number of phenolic OH excluding ortho intramolecular Hbond substituents is 1. The van der Waals surface area contributed by atoms with Gasteiger partial charge in [0.1, 0.15) is 12.3 Å². The Morgan fingerprint density at radius 3 is 2.83 bits per heavy atom. The number of carbonyl (C=O) groups excluding carboxylic acids is 1. The van der Waals surface area contributed by atoms with Crippen molar-refractivity contribution in [3.8, 4) is 5.75 Å². The molecule has 2 atom stereocenters. The normalized spacial score (nSPS) is 25.3. The Labute approximate surface area is 146 Å². The molecule has 5 heteroatoms. The van der Waals surface area contributed by atoms with Crippen LogP contribution in [-0.4, -0.2) is 42.1 Å². The van der Waals surface area contributed by atoms with Crippen molar-refractivity contribution in [1.29, 1.82) is 0 Å². The van der Waals surface area contributed by atoms with Gasteiger partial charge in [0, 0.05) is 23.1 Å². The van der Waals surface area contributed by atoms with Crippen LogP contribution in [-0.2, 0) is 11.3 Å². The van der Waals surface area contributed by atoms with E-state index in [0.717, 1.165) is 68.4 Å². The smallest absolute Gasteiger partial charge is 0.231 e. The molecule has 2 saturated heterocycles. The van der Waals surface area contributed by atoms with E-state index in [9.17, 15) is 9.90 Å². The van der Waals surface area contributed by atoms with Crippen molar-refractivity contribution in [2.24, 2.45) is 5.92 Å². The van der Waals surface area contributed by atoms with Gasteiger partial charge in [0.05, 0.1) is 19.0 Å². The maximum atomic E-state index is 12.7. The number of phenols is 1. The summed E-state index contributed by atoms with van der Waals surface area (Å²) < 4.78 is 0.989. The van der Waals surface area contributed by atoms with Gasteiger partial charge in [-0.1, -0.05) is 15.9 Å². The lowest BCUT2D eigenvalue weighted by Crippen LogP contribution is -3.12.